The molecule has 0 aliphatic rings. The third-order valence-corrected chi connectivity index (χ3v) is 8.13. The lowest BCUT2D eigenvalue weighted by molar-refractivity contribution is -0.116. The van der Waals surface area contributed by atoms with Crippen molar-refractivity contribution < 1.29 is 26.4 Å². The van der Waals surface area contributed by atoms with Crippen LogP contribution in [0.5, 0.6) is 5.75 Å². The van der Waals surface area contributed by atoms with Gasteiger partial charge >= 0.3 is 0 Å². The van der Waals surface area contributed by atoms with E-state index < -0.39 is 26.0 Å². The van der Waals surface area contributed by atoms with Crippen molar-refractivity contribution in [1.29, 1.82) is 0 Å². The number of carbonyl (C=O) groups excluding carboxylic acids is 1. The van der Waals surface area contributed by atoms with Crippen LogP contribution in [0.3, 0.4) is 0 Å². The summed E-state index contributed by atoms with van der Waals surface area (Å²) in [7, 11) is -5.86. The molecule has 0 fully saturated rings. The quantitative estimate of drug-likeness (QED) is 0.439. The number of methoxy groups -OCH3 is 1. The lowest BCUT2D eigenvalue weighted by Crippen LogP contribution is -2.32. The molecule has 2 aromatic carbocycles. The molecule has 0 saturated carbocycles. The lowest BCUT2D eigenvalue weighted by Gasteiger charge is -2.21. The minimum Gasteiger partial charge on any atom is -0.497 e. The highest BCUT2D eigenvalue weighted by atomic mass is 32.2. The van der Waals surface area contributed by atoms with Crippen molar-refractivity contribution in [3.63, 3.8) is 0 Å². The summed E-state index contributed by atoms with van der Waals surface area (Å²) in [5.74, 6) is 0.136. The van der Waals surface area contributed by atoms with Gasteiger partial charge in [-0.1, -0.05) is 13.8 Å². The second kappa shape index (κ2) is 12.1. The SMILES string of the molecule is CCCN(CCC)S(=O)(=O)c1ccc(NC(=O)CCNS(=O)(=O)c2ccc(OC)cc2)cc1. The van der Waals surface area contributed by atoms with Crippen molar-refractivity contribution in [2.45, 2.75) is 42.9 Å². The molecule has 182 valence electrons. The van der Waals surface area contributed by atoms with Crippen LogP contribution >= 0.6 is 0 Å². The van der Waals surface area contributed by atoms with E-state index in [0.29, 0.717) is 24.5 Å². The standard InChI is InChI=1S/C22H31N3O6S2/c1-4-16-25(17-5-2)33(29,30)21-10-6-18(7-11-21)24-22(26)14-15-23-32(27,28)20-12-8-19(31-3)9-13-20/h6-13,23H,4-5,14-17H2,1-3H3,(H,24,26). The average Bonchev–Trinajstić information content (AvgIpc) is 2.79. The fourth-order valence-electron chi connectivity index (χ4n) is 3.07. The summed E-state index contributed by atoms with van der Waals surface area (Å²) in [5.41, 5.74) is 0.425. The highest BCUT2D eigenvalue weighted by molar-refractivity contribution is 7.89. The molecule has 0 aliphatic carbocycles. The molecule has 11 heteroatoms. The summed E-state index contributed by atoms with van der Waals surface area (Å²) in [6.07, 6.45) is 1.35. The minimum atomic E-state index is -3.75. The van der Waals surface area contributed by atoms with Gasteiger partial charge in [-0.3, -0.25) is 4.79 Å². The van der Waals surface area contributed by atoms with Crippen molar-refractivity contribution in [2.75, 3.05) is 32.1 Å². The second-order valence-corrected chi connectivity index (χ2v) is 11.0. The number of sulfonamides is 2. The van der Waals surface area contributed by atoms with Crippen LogP contribution in [0.25, 0.3) is 0 Å². The number of amides is 1. The van der Waals surface area contributed by atoms with Crippen LogP contribution in [0.2, 0.25) is 0 Å². The predicted molar refractivity (Wildman–Crippen MR) is 127 cm³/mol. The van der Waals surface area contributed by atoms with Gasteiger partial charge in [0.05, 0.1) is 16.9 Å². The van der Waals surface area contributed by atoms with E-state index in [-0.39, 0.29) is 22.8 Å². The molecule has 0 atom stereocenters. The molecule has 0 saturated heterocycles. The van der Waals surface area contributed by atoms with Crippen LogP contribution in [0.4, 0.5) is 5.69 Å². The summed E-state index contributed by atoms with van der Waals surface area (Å²) in [6.45, 7) is 4.65. The highest BCUT2D eigenvalue weighted by Gasteiger charge is 2.23. The molecule has 0 aromatic heterocycles. The van der Waals surface area contributed by atoms with Crippen LogP contribution in [0.15, 0.2) is 58.3 Å². The normalized spacial score (nSPS) is 12.0. The first-order chi connectivity index (χ1) is 15.6. The summed E-state index contributed by atoms with van der Waals surface area (Å²) in [4.78, 5) is 12.4. The fraction of sp³-hybridized carbons (Fsp3) is 0.409. The monoisotopic (exact) mass is 497 g/mol. The number of ether oxygens (including phenoxy) is 1. The molecular formula is C22H31N3O6S2. The van der Waals surface area contributed by atoms with E-state index in [9.17, 15) is 21.6 Å². The number of anilines is 1. The third-order valence-electron chi connectivity index (χ3n) is 4.74. The van der Waals surface area contributed by atoms with E-state index in [1.165, 1.54) is 59.9 Å². The molecule has 0 heterocycles. The minimum absolute atomic E-state index is 0.0701. The van der Waals surface area contributed by atoms with Crippen LogP contribution in [0.1, 0.15) is 33.1 Å². The first-order valence-corrected chi connectivity index (χ1v) is 13.6. The van der Waals surface area contributed by atoms with Crippen molar-refractivity contribution in [2.24, 2.45) is 0 Å². The molecule has 0 unspecified atom stereocenters. The van der Waals surface area contributed by atoms with Gasteiger partial charge in [-0.05, 0) is 61.4 Å². The molecule has 0 radical (unpaired) electrons. The van der Waals surface area contributed by atoms with Crippen LogP contribution in [-0.4, -0.2) is 53.8 Å². The molecular weight excluding hydrogens is 466 g/mol. The van der Waals surface area contributed by atoms with E-state index in [4.69, 9.17) is 4.74 Å². The molecule has 0 spiro atoms. The Balaban J connectivity index is 1.92. The molecule has 2 rings (SSSR count). The summed E-state index contributed by atoms with van der Waals surface area (Å²) >= 11 is 0. The number of benzene rings is 2. The van der Waals surface area contributed by atoms with E-state index in [1.807, 2.05) is 13.8 Å². The van der Waals surface area contributed by atoms with Gasteiger partial charge in [0, 0.05) is 31.7 Å². The zero-order valence-corrected chi connectivity index (χ0v) is 20.7. The van der Waals surface area contributed by atoms with Crippen molar-refractivity contribution in [3.05, 3.63) is 48.5 Å². The average molecular weight is 498 g/mol. The topological polar surface area (TPSA) is 122 Å². The number of rotatable bonds is 13. The van der Waals surface area contributed by atoms with E-state index in [0.717, 1.165) is 12.8 Å². The van der Waals surface area contributed by atoms with E-state index in [2.05, 4.69) is 10.0 Å². The number of nitrogens with zero attached hydrogens (tertiary/aromatic N) is 1. The summed E-state index contributed by atoms with van der Waals surface area (Å²) < 4.78 is 59.1. The Morgan fingerprint density at radius 2 is 1.42 bits per heavy atom. The van der Waals surface area contributed by atoms with Gasteiger partial charge in [-0.2, -0.15) is 4.31 Å². The Hall–Kier alpha value is -2.47. The Labute approximate surface area is 196 Å². The van der Waals surface area contributed by atoms with E-state index in [1.54, 1.807) is 0 Å². The number of hydrogen-bond acceptors (Lipinski definition) is 6. The Morgan fingerprint density at radius 1 is 0.879 bits per heavy atom. The zero-order chi connectivity index (χ0) is 24.5. The largest absolute Gasteiger partial charge is 0.497 e. The molecule has 33 heavy (non-hydrogen) atoms. The number of nitrogens with one attached hydrogen (secondary N) is 2. The third kappa shape index (κ3) is 7.53. The van der Waals surface area contributed by atoms with Gasteiger partial charge in [-0.25, -0.2) is 21.6 Å². The molecule has 0 aliphatic heterocycles. The summed E-state index contributed by atoms with van der Waals surface area (Å²) in [6, 6.07) is 11.8. The first kappa shape index (κ1) is 26.8. The van der Waals surface area contributed by atoms with Gasteiger partial charge in [0.2, 0.25) is 26.0 Å². The number of carbonyl (C=O) groups is 1. The first-order valence-electron chi connectivity index (χ1n) is 10.7. The van der Waals surface area contributed by atoms with Gasteiger partial charge < -0.3 is 10.1 Å². The van der Waals surface area contributed by atoms with Gasteiger partial charge in [0.25, 0.3) is 0 Å². The maximum Gasteiger partial charge on any atom is 0.243 e. The molecule has 9 nitrogen and oxygen atoms in total. The van der Waals surface area contributed by atoms with Crippen LogP contribution in [0, 0.1) is 0 Å². The lowest BCUT2D eigenvalue weighted by atomic mass is 10.3. The van der Waals surface area contributed by atoms with Crippen molar-refractivity contribution in [3.8, 4) is 5.75 Å². The van der Waals surface area contributed by atoms with Gasteiger partial charge in [0.15, 0.2) is 0 Å². The fourth-order valence-corrected chi connectivity index (χ4v) is 5.73. The molecule has 0 bridgehead atoms. The van der Waals surface area contributed by atoms with E-state index >= 15 is 0 Å². The number of hydrogen-bond donors (Lipinski definition) is 2. The van der Waals surface area contributed by atoms with Crippen LogP contribution < -0.4 is 14.8 Å². The smallest absolute Gasteiger partial charge is 0.243 e. The second-order valence-electron chi connectivity index (χ2n) is 7.30. The van der Waals surface area contributed by atoms with Gasteiger partial charge in [0.1, 0.15) is 5.75 Å². The summed E-state index contributed by atoms with van der Waals surface area (Å²) in [5, 5.41) is 2.64. The van der Waals surface area contributed by atoms with Crippen molar-refractivity contribution in [1.82, 2.24) is 9.03 Å². The maximum absolute atomic E-state index is 12.8. The molecule has 1 amide bonds. The Bertz CT molecular complexity index is 1110. The van der Waals surface area contributed by atoms with Gasteiger partial charge in [-0.15, -0.1) is 0 Å². The zero-order valence-electron chi connectivity index (χ0n) is 19.1. The maximum atomic E-state index is 12.8. The Morgan fingerprint density at radius 3 is 1.94 bits per heavy atom. The van der Waals surface area contributed by atoms with Crippen molar-refractivity contribution >= 4 is 31.6 Å². The molecule has 2 aromatic rings. The Kier molecular flexibility index (Phi) is 9.84. The predicted octanol–water partition coefficient (Wildman–Crippen LogP) is 2.81. The highest BCUT2D eigenvalue weighted by Crippen LogP contribution is 2.19. The molecule has 2 N–H and O–H groups in total. The van der Waals surface area contributed by atoms with Crippen LogP contribution in [-0.2, 0) is 24.8 Å².